The molecule has 5 heteroatoms. The van der Waals surface area contributed by atoms with E-state index in [1.807, 2.05) is 4.90 Å². The number of nitrogens with zero attached hydrogens (tertiary/aromatic N) is 2. The van der Waals surface area contributed by atoms with Crippen LogP contribution < -0.4 is 10.6 Å². The number of hydrogen-bond donors (Lipinski definition) is 2. The van der Waals surface area contributed by atoms with E-state index in [0.29, 0.717) is 5.91 Å². The van der Waals surface area contributed by atoms with Crippen molar-refractivity contribution in [2.45, 2.75) is 71.1 Å². The number of carbonyl (C=O) groups is 1. The number of hydrogen-bond acceptors (Lipinski definition) is 2. The van der Waals surface area contributed by atoms with Gasteiger partial charge < -0.3 is 15.5 Å². The van der Waals surface area contributed by atoms with Crippen molar-refractivity contribution in [1.29, 1.82) is 0 Å². The lowest BCUT2D eigenvalue weighted by atomic mass is 9.91. The Hall–Kier alpha value is -1.26. The molecule has 0 spiro atoms. The second kappa shape index (κ2) is 11.3. The van der Waals surface area contributed by atoms with Crippen LogP contribution in [0, 0.1) is 5.92 Å². The molecule has 1 saturated heterocycles. The highest BCUT2D eigenvalue weighted by molar-refractivity contribution is 5.79. The van der Waals surface area contributed by atoms with Gasteiger partial charge in [0.05, 0.1) is 0 Å². The average molecular weight is 337 g/mol. The van der Waals surface area contributed by atoms with E-state index >= 15 is 0 Å². The molecule has 0 aromatic carbocycles. The van der Waals surface area contributed by atoms with Crippen molar-refractivity contribution in [2.75, 3.05) is 32.7 Å². The molecule has 0 radical (unpaired) electrons. The summed E-state index contributed by atoms with van der Waals surface area (Å²) >= 11 is 0. The van der Waals surface area contributed by atoms with Gasteiger partial charge in [0.25, 0.3) is 0 Å². The van der Waals surface area contributed by atoms with E-state index in [1.54, 1.807) is 0 Å². The van der Waals surface area contributed by atoms with Gasteiger partial charge >= 0.3 is 0 Å². The molecule has 1 aliphatic carbocycles. The van der Waals surface area contributed by atoms with Crippen LogP contribution >= 0.6 is 0 Å². The monoisotopic (exact) mass is 336 g/mol. The summed E-state index contributed by atoms with van der Waals surface area (Å²) in [5.74, 6) is 2.01. The van der Waals surface area contributed by atoms with E-state index in [4.69, 9.17) is 4.99 Å². The molecule has 1 saturated carbocycles. The summed E-state index contributed by atoms with van der Waals surface area (Å²) in [7, 11) is 0. The summed E-state index contributed by atoms with van der Waals surface area (Å²) in [4.78, 5) is 18.4. The standard InChI is InChI=1S/C19H36N4O/c1-2-20-19(21-13-9-15-23-14-8-12-18(23)24)22-16-17-10-6-4-3-5-7-11-17/h17H,2-16H2,1H3,(H2,20,21,22). The van der Waals surface area contributed by atoms with E-state index in [9.17, 15) is 4.79 Å². The number of guanidine groups is 1. The van der Waals surface area contributed by atoms with Crippen LogP contribution in [0.1, 0.15) is 71.1 Å². The molecule has 0 aromatic rings. The fourth-order valence-corrected chi connectivity index (χ4v) is 3.70. The summed E-state index contributed by atoms with van der Waals surface area (Å²) in [5, 5.41) is 6.77. The van der Waals surface area contributed by atoms with E-state index in [2.05, 4.69) is 17.6 Å². The minimum absolute atomic E-state index is 0.319. The Kier molecular flexibility index (Phi) is 9.00. The topological polar surface area (TPSA) is 56.7 Å². The fraction of sp³-hybridized carbons (Fsp3) is 0.895. The number of carbonyl (C=O) groups excluding carboxylic acids is 1. The van der Waals surface area contributed by atoms with E-state index in [-0.39, 0.29) is 0 Å². The van der Waals surface area contributed by atoms with Crippen LogP contribution in [0.25, 0.3) is 0 Å². The molecule has 2 fully saturated rings. The molecule has 2 aliphatic rings. The van der Waals surface area contributed by atoms with Gasteiger partial charge in [0, 0.05) is 39.1 Å². The first-order valence-electron chi connectivity index (χ1n) is 10.1. The van der Waals surface area contributed by atoms with Crippen LogP contribution in [0.3, 0.4) is 0 Å². The van der Waals surface area contributed by atoms with Gasteiger partial charge in [-0.2, -0.15) is 0 Å². The summed E-state index contributed by atoms with van der Waals surface area (Å²) < 4.78 is 0. The first-order chi connectivity index (χ1) is 11.8. The van der Waals surface area contributed by atoms with Crippen LogP contribution in [0.5, 0.6) is 0 Å². The Labute approximate surface area is 147 Å². The number of rotatable bonds is 7. The lowest BCUT2D eigenvalue weighted by Crippen LogP contribution is -2.39. The molecule has 1 aliphatic heterocycles. The van der Waals surface area contributed by atoms with Gasteiger partial charge in [0.15, 0.2) is 5.96 Å². The predicted molar refractivity (Wildman–Crippen MR) is 100 cm³/mol. The molecule has 2 rings (SSSR count). The fourth-order valence-electron chi connectivity index (χ4n) is 3.70. The predicted octanol–water partition coefficient (Wildman–Crippen LogP) is 2.91. The lowest BCUT2D eigenvalue weighted by molar-refractivity contribution is -0.127. The Balaban J connectivity index is 1.68. The molecule has 0 aromatic heterocycles. The van der Waals surface area contributed by atoms with E-state index in [0.717, 1.165) is 63.9 Å². The van der Waals surface area contributed by atoms with Gasteiger partial charge in [0.1, 0.15) is 0 Å². The molecule has 5 nitrogen and oxygen atoms in total. The largest absolute Gasteiger partial charge is 0.357 e. The van der Waals surface area contributed by atoms with Crippen LogP contribution in [0.2, 0.25) is 0 Å². The van der Waals surface area contributed by atoms with Crippen molar-refractivity contribution in [3.63, 3.8) is 0 Å². The Morgan fingerprint density at radius 2 is 1.88 bits per heavy atom. The van der Waals surface area contributed by atoms with Crippen LogP contribution in [-0.2, 0) is 4.79 Å². The van der Waals surface area contributed by atoms with Gasteiger partial charge in [-0.15, -0.1) is 0 Å². The first kappa shape index (κ1) is 19.1. The SMILES string of the molecule is CCNC(=NCC1CCCCCCC1)NCCCN1CCCC1=O. The van der Waals surface area contributed by atoms with Gasteiger partial charge in [0.2, 0.25) is 5.91 Å². The second-order valence-corrected chi connectivity index (χ2v) is 7.20. The molecule has 138 valence electrons. The van der Waals surface area contributed by atoms with Crippen molar-refractivity contribution in [1.82, 2.24) is 15.5 Å². The average Bonchev–Trinajstić information content (AvgIpc) is 2.95. The van der Waals surface area contributed by atoms with Crippen LogP contribution in [0.4, 0.5) is 0 Å². The van der Waals surface area contributed by atoms with Gasteiger partial charge in [-0.3, -0.25) is 9.79 Å². The molecule has 0 atom stereocenters. The van der Waals surface area contributed by atoms with Crippen molar-refractivity contribution in [3.05, 3.63) is 0 Å². The third-order valence-electron chi connectivity index (χ3n) is 5.15. The summed E-state index contributed by atoms with van der Waals surface area (Å²) in [5.41, 5.74) is 0. The molecule has 0 unspecified atom stereocenters. The van der Waals surface area contributed by atoms with Crippen molar-refractivity contribution in [3.8, 4) is 0 Å². The lowest BCUT2D eigenvalue weighted by Gasteiger charge is -2.19. The highest BCUT2D eigenvalue weighted by atomic mass is 16.2. The maximum absolute atomic E-state index is 11.6. The minimum atomic E-state index is 0.319. The Morgan fingerprint density at radius 3 is 2.54 bits per heavy atom. The molecule has 1 heterocycles. The minimum Gasteiger partial charge on any atom is -0.357 e. The maximum atomic E-state index is 11.6. The molecular formula is C19H36N4O. The summed E-state index contributed by atoms with van der Waals surface area (Å²) in [6.07, 6.45) is 12.4. The molecular weight excluding hydrogens is 300 g/mol. The second-order valence-electron chi connectivity index (χ2n) is 7.20. The van der Waals surface area contributed by atoms with Crippen LogP contribution in [0.15, 0.2) is 4.99 Å². The summed E-state index contributed by atoms with van der Waals surface area (Å²) in [6, 6.07) is 0. The number of likely N-dealkylation sites (tertiary alicyclic amines) is 1. The summed E-state index contributed by atoms with van der Waals surface area (Å²) in [6.45, 7) is 6.62. The Morgan fingerprint density at radius 1 is 1.12 bits per heavy atom. The zero-order valence-corrected chi connectivity index (χ0v) is 15.5. The highest BCUT2D eigenvalue weighted by Crippen LogP contribution is 2.22. The van der Waals surface area contributed by atoms with Crippen molar-refractivity contribution >= 4 is 11.9 Å². The number of amides is 1. The molecule has 1 amide bonds. The number of nitrogens with one attached hydrogen (secondary N) is 2. The third-order valence-corrected chi connectivity index (χ3v) is 5.15. The van der Waals surface area contributed by atoms with Gasteiger partial charge in [-0.25, -0.2) is 0 Å². The van der Waals surface area contributed by atoms with E-state index < -0.39 is 0 Å². The molecule has 0 bridgehead atoms. The van der Waals surface area contributed by atoms with Crippen molar-refractivity contribution in [2.24, 2.45) is 10.9 Å². The zero-order chi connectivity index (χ0) is 17.0. The van der Waals surface area contributed by atoms with E-state index in [1.165, 1.54) is 44.9 Å². The van der Waals surface area contributed by atoms with Gasteiger partial charge in [-0.1, -0.05) is 32.1 Å². The number of aliphatic imine (C=N–C) groups is 1. The normalized spacial score (nSPS) is 20.8. The smallest absolute Gasteiger partial charge is 0.222 e. The van der Waals surface area contributed by atoms with Crippen molar-refractivity contribution < 1.29 is 4.79 Å². The quantitative estimate of drug-likeness (QED) is 0.427. The maximum Gasteiger partial charge on any atom is 0.222 e. The van der Waals surface area contributed by atoms with Gasteiger partial charge in [-0.05, 0) is 38.5 Å². The van der Waals surface area contributed by atoms with Crippen LogP contribution in [-0.4, -0.2) is 49.5 Å². The molecule has 24 heavy (non-hydrogen) atoms. The zero-order valence-electron chi connectivity index (χ0n) is 15.5. The Bertz CT molecular complexity index is 389. The highest BCUT2D eigenvalue weighted by Gasteiger charge is 2.19. The third kappa shape index (κ3) is 7.10. The molecule has 2 N–H and O–H groups in total. The first-order valence-corrected chi connectivity index (χ1v) is 10.1.